The summed E-state index contributed by atoms with van der Waals surface area (Å²) in [5.74, 6) is 0.0659. The molecule has 0 spiro atoms. The summed E-state index contributed by atoms with van der Waals surface area (Å²) >= 11 is 0. The Morgan fingerprint density at radius 1 is 1.22 bits per heavy atom. The summed E-state index contributed by atoms with van der Waals surface area (Å²) in [6, 6.07) is 9.53. The average molecular weight is 362 g/mol. The Bertz CT molecular complexity index is 1020. The monoisotopic (exact) mass is 362 g/mol. The van der Waals surface area contributed by atoms with Gasteiger partial charge in [0.05, 0.1) is 10.9 Å². The van der Waals surface area contributed by atoms with Gasteiger partial charge in [0, 0.05) is 31.2 Å². The zero-order chi connectivity index (χ0) is 19.2. The van der Waals surface area contributed by atoms with E-state index in [4.69, 9.17) is 0 Å². The first kappa shape index (κ1) is 18.5. The number of amides is 1. The molecule has 0 unspecified atom stereocenters. The molecule has 27 heavy (non-hydrogen) atoms. The molecule has 0 saturated heterocycles. The number of aromatic nitrogens is 3. The highest BCUT2D eigenvalue weighted by Crippen LogP contribution is 2.17. The van der Waals surface area contributed by atoms with E-state index in [-0.39, 0.29) is 11.5 Å². The molecular formula is C21H22N4O2. The van der Waals surface area contributed by atoms with Crippen LogP contribution in [-0.2, 0) is 11.2 Å². The van der Waals surface area contributed by atoms with Gasteiger partial charge in [-0.25, -0.2) is 4.98 Å². The predicted octanol–water partition coefficient (Wildman–Crippen LogP) is 2.74. The summed E-state index contributed by atoms with van der Waals surface area (Å²) in [7, 11) is 0. The van der Waals surface area contributed by atoms with E-state index in [1.165, 1.54) is 23.2 Å². The van der Waals surface area contributed by atoms with E-state index >= 15 is 0 Å². The van der Waals surface area contributed by atoms with Crippen LogP contribution >= 0.6 is 0 Å². The minimum Gasteiger partial charge on any atom is -0.352 e. The van der Waals surface area contributed by atoms with E-state index in [0.717, 1.165) is 17.5 Å². The molecule has 0 atom stereocenters. The third-order valence-corrected chi connectivity index (χ3v) is 4.32. The van der Waals surface area contributed by atoms with Crippen molar-refractivity contribution >= 4 is 23.0 Å². The molecule has 0 aliphatic rings. The van der Waals surface area contributed by atoms with Crippen molar-refractivity contribution in [2.45, 2.75) is 26.2 Å². The fourth-order valence-corrected chi connectivity index (χ4v) is 2.71. The fraction of sp³-hybridized carbons (Fsp3) is 0.238. The van der Waals surface area contributed by atoms with Crippen molar-refractivity contribution in [3.8, 4) is 0 Å². The second-order valence-electron chi connectivity index (χ2n) is 6.60. The summed E-state index contributed by atoms with van der Waals surface area (Å²) in [5, 5.41) is 3.35. The Morgan fingerprint density at radius 2 is 2.00 bits per heavy atom. The van der Waals surface area contributed by atoms with Crippen LogP contribution in [0, 0.1) is 0 Å². The van der Waals surface area contributed by atoms with Gasteiger partial charge in [0.2, 0.25) is 5.91 Å². The lowest BCUT2D eigenvalue weighted by Crippen LogP contribution is -2.24. The maximum absolute atomic E-state index is 12.6. The number of rotatable bonds is 6. The molecule has 6 heteroatoms. The second kappa shape index (κ2) is 8.40. The molecule has 2 heterocycles. The van der Waals surface area contributed by atoms with Crippen LogP contribution < -0.4 is 10.9 Å². The minimum absolute atomic E-state index is 0.191. The van der Waals surface area contributed by atoms with Crippen LogP contribution in [0.1, 0.15) is 30.9 Å². The fourth-order valence-electron chi connectivity index (χ4n) is 2.71. The summed E-state index contributed by atoms with van der Waals surface area (Å²) in [4.78, 5) is 32.9. The van der Waals surface area contributed by atoms with E-state index in [1.54, 1.807) is 12.4 Å². The molecule has 0 aliphatic carbocycles. The third kappa shape index (κ3) is 4.67. The molecule has 6 nitrogen and oxygen atoms in total. The Kier molecular flexibility index (Phi) is 5.76. The number of pyridine rings is 1. The highest BCUT2D eigenvalue weighted by Gasteiger charge is 2.06. The summed E-state index contributed by atoms with van der Waals surface area (Å²) < 4.78 is 1.33. The number of hydrogen-bond acceptors (Lipinski definition) is 4. The minimum atomic E-state index is -0.257. The zero-order valence-corrected chi connectivity index (χ0v) is 15.4. The molecule has 2 aromatic heterocycles. The third-order valence-electron chi connectivity index (χ3n) is 4.32. The van der Waals surface area contributed by atoms with Gasteiger partial charge < -0.3 is 5.32 Å². The number of carbonyl (C=O) groups is 1. The van der Waals surface area contributed by atoms with Gasteiger partial charge in [0.25, 0.3) is 5.56 Å². The molecule has 1 N–H and O–H groups in total. The lowest BCUT2D eigenvalue weighted by atomic mass is 10.0. The van der Waals surface area contributed by atoms with Crippen LogP contribution in [0.15, 0.2) is 59.9 Å². The molecule has 0 saturated carbocycles. The van der Waals surface area contributed by atoms with E-state index in [2.05, 4.69) is 29.1 Å². The first-order valence-electron chi connectivity index (χ1n) is 8.90. The first-order chi connectivity index (χ1) is 13.0. The smallest absolute Gasteiger partial charge is 0.265 e. The Hall–Kier alpha value is -3.28. The molecule has 0 aliphatic heterocycles. The van der Waals surface area contributed by atoms with Crippen molar-refractivity contribution in [3.63, 3.8) is 0 Å². The van der Waals surface area contributed by atoms with Crippen molar-refractivity contribution in [2.24, 2.45) is 0 Å². The van der Waals surface area contributed by atoms with Crippen molar-refractivity contribution in [2.75, 3.05) is 6.54 Å². The van der Waals surface area contributed by atoms with Gasteiger partial charge in [0.1, 0.15) is 6.33 Å². The summed E-state index contributed by atoms with van der Waals surface area (Å²) in [5.41, 5.74) is 2.64. The van der Waals surface area contributed by atoms with Crippen LogP contribution in [0.2, 0.25) is 0 Å². The number of hydrogen-bond donors (Lipinski definition) is 1. The van der Waals surface area contributed by atoms with E-state index in [9.17, 15) is 9.59 Å². The predicted molar refractivity (Wildman–Crippen MR) is 106 cm³/mol. The normalized spacial score (nSPS) is 11.4. The van der Waals surface area contributed by atoms with Crippen molar-refractivity contribution in [1.82, 2.24) is 19.9 Å². The molecule has 1 amide bonds. The Balaban J connectivity index is 1.68. The zero-order valence-electron chi connectivity index (χ0n) is 15.4. The van der Waals surface area contributed by atoms with E-state index < -0.39 is 0 Å². The second-order valence-corrected chi connectivity index (χ2v) is 6.60. The van der Waals surface area contributed by atoms with E-state index in [0.29, 0.717) is 23.4 Å². The summed E-state index contributed by atoms with van der Waals surface area (Å²) in [6.45, 7) is 4.66. The van der Waals surface area contributed by atoms with Gasteiger partial charge in [-0.15, -0.1) is 0 Å². The van der Waals surface area contributed by atoms with Crippen molar-refractivity contribution in [1.29, 1.82) is 0 Å². The van der Waals surface area contributed by atoms with Gasteiger partial charge in [-0.1, -0.05) is 19.9 Å². The lowest BCUT2D eigenvalue weighted by Gasteiger charge is -2.07. The van der Waals surface area contributed by atoms with Gasteiger partial charge in [-0.2, -0.15) is 0 Å². The standard InChI is InChI=1S/C21H22N4O2/c1-15(2)17-3-4-19-18(13-17)21(27)25(14-24-19)12-8-20(26)23-11-7-16-5-9-22-10-6-16/h3-6,8-10,12-15H,7,11H2,1-2H3,(H,23,26)/b12-8+. The molecule has 138 valence electrons. The average Bonchev–Trinajstić information content (AvgIpc) is 2.68. The highest BCUT2D eigenvalue weighted by atomic mass is 16.1. The van der Waals surface area contributed by atoms with Crippen LogP contribution in [-0.4, -0.2) is 27.0 Å². The molecule has 0 fully saturated rings. The quantitative estimate of drug-likeness (QED) is 0.684. The van der Waals surface area contributed by atoms with E-state index in [1.807, 2.05) is 30.3 Å². The molecule has 0 bridgehead atoms. The topological polar surface area (TPSA) is 76.9 Å². The lowest BCUT2D eigenvalue weighted by molar-refractivity contribution is -0.116. The van der Waals surface area contributed by atoms with Crippen LogP contribution in [0.3, 0.4) is 0 Å². The van der Waals surface area contributed by atoms with Gasteiger partial charge >= 0.3 is 0 Å². The maximum Gasteiger partial charge on any atom is 0.265 e. The number of carbonyl (C=O) groups excluding carboxylic acids is 1. The van der Waals surface area contributed by atoms with Gasteiger partial charge in [-0.3, -0.25) is 19.1 Å². The highest BCUT2D eigenvalue weighted by molar-refractivity contribution is 5.90. The van der Waals surface area contributed by atoms with Crippen LogP contribution in [0.4, 0.5) is 0 Å². The number of nitrogens with one attached hydrogen (secondary N) is 1. The first-order valence-corrected chi connectivity index (χ1v) is 8.90. The summed E-state index contributed by atoms with van der Waals surface area (Å²) in [6.07, 6.45) is 8.38. The number of nitrogens with zero attached hydrogens (tertiary/aromatic N) is 3. The van der Waals surface area contributed by atoms with Crippen molar-refractivity contribution < 1.29 is 4.79 Å². The number of benzene rings is 1. The van der Waals surface area contributed by atoms with Crippen molar-refractivity contribution in [3.05, 3.63) is 76.6 Å². The Labute approximate surface area is 157 Å². The maximum atomic E-state index is 12.6. The van der Waals surface area contributed by atoms with Gasteiger partial charge in [-0.05, 0) is 47.7 Å². The van der Waals surface area contributed by atoms with Gasteiger partial charge in [0.15, 0.2) is 0 Å². The molecular weight excluding hydrogens is 340 g/mol. The number of fused-ring (bicyclic) bond motifs is 1. The molecule has 1 aromatic carbocycles. The Morgan fingerprint density at radius 3 is 2.74 bits per heavy atom. The molecule has 3 aromatic rings. The SMILES string of the molecule is CC(C)c1ccc2ncn(/C=C/C(=O)NCCc3ccncc3)c(=O)c2c1. The largest absolute Gasteiger partial charge is 0.352 e. The van der Waals surface area contributed by atoms with Crippen LogP contribution in [0.5, 0.6) is 0 Å². The van der Waals surface area contributed by atoms with Crippen LogP contribution in [0.25, 0.3) is 17.1 Å². The molecule has 0 radical (unpaired) electrons. The molecule has 3 rings (SSSR count).